The average Bonchev–Trinajstić information content (AvgIpc) is 2.57. The molecule has 78 valence electrons. The van der Waals surface area contributed by atoms with Crippen LogP contribution in [0, 0.1) is 0 Å². The molecule has 2 heterocycles. The number of aryl methyl sites for hydroxylation is 1. The molecule has 0 fully saturated rings. The molecule has 1 aromatic heterocycles. The summed E-state index contributed by atoms with van der Waals surface area (Å²) in [5, 5.41) is 1.30. The highest BCUT2D eigenvalue weighted by Gasteiger charge is 2.18. The van der Waals surface area contributed by atoms with Gasteiger partial charge in [0.25, 0.3) is 0 Å². The first kappa shape index (κ1) is 9.43. The molecule has 2 aromatic rings. The second kappa shape index (κ2) is 3.35. The van der Waals surface area contributed by atoms with Crippen molar-refractivity contribution in [2.75, 3.05) is 0 Å². The van der Waals surface area contributed by atoms with Crippen molar-refractivity contribution in [3.8, 4) is 0 Å². The van der Waals surface area contributed by atoms with Crippen LogP contribution in [0.3, 0.4) is 0 Å². The van der Waals surface area contributed by atoms with E-state index < -0.39 is 0 Å². The Morgan fingerprint density at radius 3 is 3.07 bits per heavy atom. The Morgan fingerprint density at radius 1 is 1.33 bits per heavy atom. The highest BCUT2D eigenvalue weighted by atomic mass is 79.9. The molecule has 1 atom stereocenters. The summed E-state index contributed by atoms with van der Waals surface area (Å²) in [7, 11) is 0. The molecule has 2 nitrogen and oxygen atoms in total. The van der Waals surface area contributed by atoms with E-state index in [1.165, 1.54) is 23.0 Å². The van der Waals surface area contributed by atoms with Gasteiger partial charge in [0, 0.05) is 10.2 Å². The Labute approximate surface area is 97.2 Å². The molecule has 0 radical (unpaired) electrons. The molecule has 0 spiro atoms. The van der Waals surface area contributed by atoms with Gasteiger partial charge < -0.3 is 10.3 Å². The normalized spacial score (nSPS) is 20.5. The predicted molar refractivity (Wildman–Crippen MR) is 65.8 cm³/mol. The molecule has 2 N–H and O–H groups in total. The van der Waals surface area contributed by atoms with E-state index in [1.54, 1.807) is 0 Å². The highest BCUT2D eigenvalue weighted by Crippen LogP contribution is 2.30. The summed E-state index contributed by atoms with van der Waals surface area (Å²) in [6.07, 6.45) is 3.60. The van der Waals surface area contributed by atoms with E-state index in [1.807, 2.05) is 0 Å². The first-order valence-electron chi connectivity index (χ1n) is 5.30. The highest BCUT2D eigenvalue weighted by molar-refractivity contribution is 9.10. The van der Waals surface area contributed by atoms with E-state index in [9.17, 15) is 0 Å². The number of nitrogens with zero attached hydrogens (tertiary/aromatic N) is 1. The van der Waals surface area contributed by atoms with Crippen LogP contribution in [0.4, 0.5) is 0 Å². The molecule has 1 unspecified atom stereocenters. The van der Waals surface area contributed by atoms with E-state index in [2.05, 4.69) is 44.8 Å². The number of nitrogens with two attached hydrogens (primary N) is 1. The van der Waals surface area contributed by atoms with Gasteiger partial charge in [-0.15, -0.1) is 0 Å². The minimum atomic E-state index is 0.153. The minimum Gasteiger partial charge on any atom is -0.329 e. The van der Waals surface area contributed by atoms with Crippen molar-refractivity contribution in [3.63, 3.8) is 0 Å². The van der Waals surface area contributed by atoms with Crippen LogP contribution in [0.25, 0.3) is 10.9 Å². The smallest absolute Gasteiger partial charge is 0.0817 e. The Bertz CT molecular complexity index is 516. The molecule has 1 aromatic carbocycles. The summed E-state index contributed by atoms with van der Waals surface area (Å²) in [5.41, 5.74) is 8.79. The second-order valence-corrected chi connectivity index (χ2v) is 5.08. The molecule has 1 aliphatic heterocycles. The number of aromatic nitrogens is 1. The van der Waals surface area contributed by atoms with Crippen LogP contribution in [-0.4, -0.2) is 4.57 Å². The van der Waals surface area contributed by atoms with Crippen LogP contribution in [-0.2, 0) is 6.42 Å². The minimum absolute atomic E-state index is 0.153. The van der Waals surface area contributed by atoms with Crippen LogP contribution in [0.15, 0.2) is 28.7 Å². The van der Waals surface area contributed by atoms with E-state index in [-0.39, 0.29) is 6.17 Å². The van der Waals surface area contributed by atoms with Gasteiger partial charge in [0.15, 0.2) is 0 Å². The average molecular weight is 265 g/mol. The quantitative estimate of drug-likeness (QED) is 0.779. The first-order chi connectivity index (χ1) is 7.25. The van der Waals surface area contributed by atoms with Gasteiger partial charge in [-0.2, -0.15) is 0 Å². The Hall–Kier alpha value is -0.800. The number of halogens is 1. The Morgan fingerprint density at radius 2 is 2.20 bits per heavy atom. The monoisotopic (exact) mass is 264 g/mol. The molecule has 0 saturated carbocycles. The molecular formula is C12H13BrN2. The zero-order valence-corrected chi connectivity index (χ0v) is 10.00. The van der Waals surface area contributed by atoms with E-state index in [0.717, 1.165) is 17.3 Å². The number of rotatable bonds is 0. The van der Waals surface area contributed by atoms with Gasteiger partial charge in [-0.05, 0) is 42.8 Å². The summed E-state index contributed by atoms with van der Waals surface area (Å²) in [4.78, 5) is 0. The lowest BCUT2D eigenvalue weighted by Gasteiger charge is -2.23. The zero-order chi connectivity index (χ0) is 10.4. The van der Waals surface area contributed by atoms with Crippen molar-refractivity contribution in [2.24, 2.45) is 5.73 Å². The van der Waals surface area contributed by atoms with Gasteiger partial charge in [0.05, 0.1) is 11.7 Å². The molecule has 3 rings (SSSR count). The largest absolute Gasteiger partial charge is 0.329 e. The third-order valence-corrected chi connectivity index (χ3v) is 3.64. The third kappa shape index (κ3) is 1.42. The summed E-state index contributed by atoms with van der Waals surface area (Å²) in [5.74, 6) is 0. The summed E-state index contributed by atoms with van der Waals surface area (Å²) in [6.45, 7) is 0. The van der Waals surface area contributed by atoms with Crippen molar-refractivity contribution < 1.29 is 0 Å². The maximum absolute atomic E-state index is 6.15. The van der Waals surface area contributed by atoms with Gasteiger partial charge in [0.1, 0.15) is 0 Å². The number of hydrogen-bond donors (Lipinski definition) is 1. The molecule has 1 aliphatic rings. The lowest BCUT2D eigenvalue weighted by molar-refractivity contribution is 0.425. The maximum atomic E-state index is 6.15. The Kier molecular flexibility index (Phi) is 2.11. The van der Waals surface area contributed by atoms with E-state index in [0.29, 0.717) is 0 Å². The standard InChI is InChI=1S/C12H13BrN2/c13-9-5-4-8-6-10-2-1-3-12(14)15(10)11(8)7-9/h4-7,12H,1-3,14H2. The fourth-order valence-electron chi connectivity index (χ4n) is 2.46. The van der Waals surface area contributed by atoms with Gasteiger partial charge in [-0.3, -0.25) is 0 Å². The maximum Gasteiger partial charge on any atom is 0.0817 e. The fourth-order valence-corrected chi connectivity index (χ4v) is 2.81. The number of fused-ring (bicyclic) bond motifs is 3. The zero-order valence-electron chi connectivity index (χ0n) is 8.41. The molecule has 0 amide bonds. The van der Waals surface area contributed by atoms with Crippen LogP contribution in [0.2, 0.25) is 0 Å². The fraction of sp³-hybridized carbons (Fsp3) is 0.333. The second-order valence-electron chi connectivity index (χ2n) is 4.17. The number of benzene rings is 1. The van der Waals surface area contributed by atoms with Gasteiger partial charge in [0.2, 0.25) is 0 Å². The molecule has 15 heavy (non-hydrogen) atoms. The van der Waals surface area contributed by atoms with Crippen molar-refractivity contribution in [2.45, 2.75) is 25.4 Å². The van der Waals surface area contributed by atoms with Gasteiger partial charge in [-0.25, -0.2) is 0 Å². The SMILES string of the molecule is NC1CCCc2cc3ccc(Br)cc3n21. The molecule has 0 aliphatic carbocycles. The van der Waals surface area contributed by atoms with Crippen molar-refractivity contribution >= 4 is 26.8 Å². The first-order valence-corrected chi connectivity index (χ1v) is 6.10. The summed E-state index contributed by atoms with van der Waals surface area (Å²) in [6, 6.07) is 8.65. The Balaban J connectivity index is 2.33. The third-order valence-electron chi connectivity index (χ3n) is 3.15. The summed E-state index contributed by atoms with van der Waals surface area (Å²) < 4.78 is 3.40. The predicted octanol–water partition coefficient (Wildman–Crippen LogP) is 3.20. The summed E-state index contributed by atoms with van der Waals surface area (Å²) >= 11 is 3.51. The number of hydrogen-bond acceptors (Lipinski definition) is 1. The molecule has 0 bridgehead atoms. The van der Waals surface area contributed by atoms with Crippen LogP contribution >= 0.6 is 15.9 Å². The van der Waals surface area contributed by atoms with Crippen molar-refractivity contribution in [1.29, 1.82) is 0 Å². The van der Waals surface area contributed by atoms with Gasteiger partial charge in [-0.1, -0.05) is 22.0 Å². The topological polar surface area (TPSA) is 30.9 Å². The van der Waals surface area contributed by atoms with Crippen LogP contribution in [0.1, 0.15) is 24.7 Å². The van der Waals surface area contributed by atoms with Crippen molar-refractivity contribution in [3.05, 3.63) is 34.4 Å². The van der Waals surface area contributed by atoms with E-state index >= 15 is 0 Å². The van der Waals surface area contributed by atoms with E-state index in [4.69, 9.17) is 5.73 Å². The van der Waals surface area contributed by atoms with Crippen LogP contribution < -0.4 is 5.73 Å². The van der Waals surface area contributed by atoms with Crippen molar-refractivity contribution in [1.82, 2.24) is 4.57 Å². The van der Waals surface area contributed by atoms with Gasteiger partial charge >= 0.3 is 0 Å². The molecule has 3 heteroatoms. The van der Waals surface area contributed by atoms with Crippen LogP contribution in [0.5, 0.6) is 0 Å². The lowest BCUT2D eigenvalue weighted by Crippen LogP contribution is -2.24. The molecular weight excluding hydrogens is 252 g/mol. The molecule has 0 saturated heterocycles. The lowest BCUT2D eigenvalue weighted by atomic mass is 10.1.